The third-order valence-corrected chi connectivity index (χ3v) is 9.77. The van der Waals surface area contributed by atoms with Crippen molar-refractivity contribution in [1.29, 1.82) is 0 Å². The number of fused-ring (bicyclic) bond motifs is 3. The summed E-state index contributed by atoms with van der Waals surface area (Å²) in [6, 6.07) is 22.4. The number of carbonyl (C=O) groups is 3. The lowest BCUT2D eigenvalue weighted by Gasteiger charge is -2.35. The molecule has 4 aromatic rings. The van der Waals surface area contributed by atoms with Crippen molar-refractivity contribution in [1.82, 2.24) is 9.80 Å². The molecule has 0 aromatic heterocycles. The highest BCUT2D eigenvalue weighted by molar-refractivity contribution is 6.03. The van der Waals surface area contributed by atoms with E-state index in [-0.39, 0.29) is 56.0 Å². The Morgan fingerprint density at radius 1 is 0.907 bits per heavy atom. The van der Waals surface area contributed by atoms with Crippen LogP contribution in [-0.2, 0) is 4.74 Å². The van der Waals surface area contributed by atoms with E-state index in [2.05, 4.69) is 16.0 Å². The van der Waals surface area contributed by atoms with Crippen LogP contribution >= 0.6 is 0 Å². The molecule has 0 saturated carbocycles. The van der Waals surface area contributed by atoms with Crippen LogP contribution in [-0.4, -0.2) is 91.3 Å². The summed E-state index contributed by atoms with van der Waals surface area (Å²) in [4.78, 5) is 44.3. The van der Waals surface area contributed by atoms with Crippen LogP contribution in [0.25, 0.3) is 10.8 Å². The van der Waals surface area contributed by atoms with Crippen molar-refractivity contribution in [2.45, 2.75) is 58.3 Å². The highest BCUT2D eigenvalue weighted by Crippen LogP contribution is 2.34. The number of benzene rings is 4. The fraction of sp³-hybridized carbons (Fsp3) is 0.390. The Balaban J connectivity index is 1.20. The molecule has 2 heterocycles. The summed E-state index contributed by atoms with van der Waals surface area (Å²) in [5.74, 6) is 0.903. The molecule has 2 aliphatic rings. The van der Waals surface area contributed by atoms with E-state index in [1.54, 1.807) is 60.2 Å². The third kappa shape index (κ3) is 9.33. The molecule has 0 spiro atoms. The predicted octanol–water partition coefficient (Wildman–Crippen LogP) is 7.17. The van der Waals surface area contributed by atoms with Crippen LogP contribution in [0.2, 0.25) is 0 Å². The Labute approximate surface area is 315 Å². The van der Waals surface area contributed by atoms with Gasteiger partial charge in [-0.15, -0.1) is 0 Å². The monoisotopic (exact) mass is 739 g/mol. The Bertz CT molecular complexity index is 1950. The van der Waals surface area contributed by atoms with Gasteiger partial charge in [0.05, 0.1) is 36.1 Å². The second kappa shape index (κ2) is 17.5. The Morgan fingerprint density at radius 3 is 2.43 bits per heavy atom. The van der Waals surface area contributed by atoms with Gasteiger partial charge in [0.25, 0.3) is 5.91 Å². The highest BCUT2D eigenvalue weighted by Gasteiger charge is 2.31. The summed E-state index contributed by atoms with van der Waals surface area (Å²) >= 11 is 0. The summed E-state index contributed by atoms with van der Waals surface area (Å²) in [7, 11) is 1.73. The smallest absolute Gasteiger partial charge is 0.323 e. The fourth-order valence-electron chi connectivity index (χ4n) is 6.63. The molecular formula is C41H49N5O8. The molecule has 286 valence electrons. The van der Waals surface area contributed by atoms with E-state index in [9.17, 15) is 19.5 Å². The summed E-state index contributed by atoms with van der Waals surface area (Å²) < 4.78 is 23.5. The lowest BCUT2D eigenvalue weighted by atomic mass is 10.0. The van der Waals surface area contributed by atoms with Gasteiger partial charge in [-0.05, 0) is 74.9 Å². The minimum absolute atomic E-state index is 0.119. The minimum atomic E-state index is -0.558. The molecule has 0 fully saturated rings. The van der Waals surface area contributed by atoms with Crippen molar-refractivity contribution in [3.8, 4) is 17.2 Å². The maximum atomic E-state index is 14.5. The summed E-state index contributed by atoms with van der Waals surface area (Å²) in [6.07, 6.45) is 1.70. The molecule has 5 amide bonds. The van der Waals surface area contributed by atoms with E-state index in [1.807, 2.05) is 56.3 Å². The van der Waals surface area contributed by atoms with Crippen LogP contribution in [0.15, 0.2) is 78.9 Å². The van der Waals surface area contributed by atoms with Gasteiger partial charge >= 0.3 is 12.1 Å². The van der Waals surface area contributed by atoms with Crippen LogP contribution in [0.4, 0.5) is 26.7 Å². The maximum absolute atomic E-state index is 14.5. The number of ether oxygens (including phenoxy) is 4. The lowest BCUT2D eigenvalue weighted by molar-refractivity contribution is -0.0115. The second-order valence-electron chi connectivity index (χ2n) is 14.0. The molecule has 0 unspecified atom stereocenters. The molecule has 0 bridgehead atoms. The van der Waals surface area contributed by atoms with E-state index in [1.165, 1.54) is 0 Å². The molecule has 13 heteroatoms. The van der Waals surface area contributed by atoms with Crippen LogP contribution in [0, 0.1) is 5.92 Å². The number of aliphatic hydroxyl groups is 1. The van der Waals surface area contributed by atoms with Gasteiger partial charge in [-0.1, -0.05) is 43.3 Å². The van der Waals surface area contributed by atoms with Crippen LogP contribution < -0.4 is 30.2 Å². The number of likely N-dealkylation sites (N-methyl/N-ethyl adjacent to an activating group) is 1. The number of hydrogen-bond donors (Lipinski definition) is 4. The van der Waals surface area contributed by atoms with E-state index < -0.39 is 18.2 Å². The number of nitrogens with zero attached hydrogens (tertiary/aromatic N) is 2. The van der Waals surface area contributed by atoms with Crippen LogP contribution in [0.5, 0.6) is 17.2 Å². The fourth-order valence-corrected chi connectivity index (χ4v) is 6.63. The number of anilines is 3. The number of amides is 5. The van der Waals surface area contributed by atoms with Crippen molar-refractivity contribution in [3.05, 3.63) is 84.4 Å². The first kappa shape index (κ1) is 38.2. The third-order valence-electron chi connectivity index (χ3n) is 9.77. The van der Waals surface area contributed by atoms with Gasteiger partial charge in [-0.2, -0.15) is 0 Å². The summed E-state index contributed by atoms with van der Waals surface area (Å²) in [6.45, 7) is 6.52. The highest BCUT2D eigenvalue weighted by atomic mass is 16.7. The number of aliphatic hydroxyl groups excluding tert-OH is 1. The largest absolute Gasteiger partial charge is 0.490 e. The van der Waals surface area contributed by atoms with Crippen molar-refractivity contribution in [2.75, 3.05) is 56.1 Å². The zero-order valence-corrected chi connectivity index (χ0v) is 31.2. The molecule has 54 heavy (non-hydrogen) atoms. The standard InChI is InChI=1S/C41H49N5O8/c1-26-22-46(27(2)24-47)39(48)33-20-30(42-40(49)43-31-16-18-36-37(21-31)53-25-52-36)15-17-35(33)54-28(3)10-7-8-19-51-38(26)23-45(4)41(50)44-34-14-9-12-29-11-5-6-13-32(29)34/h5-6,9,11-18,20-21,26-28,38,47H,7-8,10,19,22-25H2,1-4H3,(H,44,50)(H2,42,43,49)/t26-,27+,28+,38+/m0/s1. The van der Waals surface area contributed by atoms with Crippen molar-refractivity contribution < 1.29 is 38.4 Å². The zero-order chi connectivity index (χ0) is 38.2. The van der Waals surface area contributed by atoms with Crippen LogP contribution in [0.3, 0.4) is 0 Å². The molecule has 13 nitrogen and oxygen atoms in total. The summed E-state index contributed by atoms with van der Waals surface area (Å²) in [5, 5.41) is 20.9. The van der Waals surface area contributed by atoms with Crippen molar-refractivity contribution >= 4 is 45.8 Å². The quantitative estimate of drug-likeness (QED) is 0.156. The van der Waals surface area contributed by atoms with Gasteiger partial charge in [-0.25, -0.2) is 9.59 Å². The number of nitrogens with one attached hydrogen (secondary N) is 3. The van der Waals surface area contributed by atoms with Gasteiger partial charge in [-0.3, -0.25) is 4.79 Å². The first-order valence-electron chi connectivity index (χ1n) is 18.4. The molecule has 4 N–H and O–H groups in total. The van der Waals surface area contributed by atoms with Gasteiger partial charge in [0.15, 0.2) is 11.5 Å². The van der Waals surface area contributed by atoms with Gasteiger partial charge in [0.1, 0.15) is 5.75 Å². The first-order chi connectivity index (χ1) is 26.1. The minimum Gasteiger partial charge on any atom is -0.490 e. The Kier molecular flexibility index (Phi) is 12.4. The Morgan fingerprint density at radius 2 is 1.63 bits per heavy atom. The number of carbonyl (C=O) groups excluding carboxylic acids is 3. The van der Waals surface area contributed by atoms with E-state index in [4.69, 9.17) is 18.9 Å². The predicted molar refractivity (Wildman–Crippen MR) is 208 cm³/mol. The molecule has 0 aliphatic carbocycles. The van der Waals surface area contributed by atoms with Gasteiger partial charge < -0.3 is 49.8 Å². The maximum Gasteiger partial charge on any atom is 0.323 e. The molecule has 4 aromatic carbocycles. The number of rotatable bonds is 7. The molecule has 6 rings (SSSR count). The molecule has 2 aliphatic heterocycles. The Hall–Kier alpha value is -5.53. The molecular weight excluding hydrogens is 690 g/mol. The van der Waals surface area contributed by atoms with Gasteiger partial charge in [0, 0.05) is 55.5 Å². The molecule has 0 saturated heterocycles. The van der Waals surface area contributed by atoms with E-state index >= 15 is 0 Å². The SMILES string of the molecule is C[C@@H]1CCCCO[C@H](CN(C)C(=O)Nc2cccc3ccccc23)[C@@H](C)CN([C@H](C)CO)C(=O)c2cc(NC(=O)Nc3ccc4c(c3)OCO4)ccc2O1. The van der Waals surface area contributed by atoms with Gasteiger partial charge in [0.2, 0.25) is 6.79 Å². The zero-order valence-electron chi connectivity index (χ0n) is 31.2. The molecule has 4 atom stereocenters. The topological polar surface area (TPSA) is 151 Å². The average Bonchev–Trinajstić information content (AvgIpc) is 3.64. The van der Waals surface area contributed by atoms with Crippen LogP contribution in [0.1, 0.15) is 50.4 Å². The summed E-state index contributed by atoms with van der Waals surface area (Å²) in [5.41, 5.74) is 1.85. The van der Waals surface area contributed by atoms with Crippen molar-refractivity contribution in [2.24, 2.45) is 5.92 Å². The molecule has 0 radical (unpaired) electrons. The lowest BCUT2D eigenvalue weighted by Crippen LogP contribution is -2.48. The van der Waals surface area contributed by atoms with Crippen molar-refractivity contribution in [3.63, 3.8) is 0 Å². The van der Waals surface area contributed by atoms with E-state index in [0.717, 1.165) is 30.0 Å². The number of hydrogen-bond acceptors (Lipinski definition) is 8. The average molecular weight is 740 g/mol. The number of urea groups is 2. The second-order valence-corrected chi connectivity index (χ2v) is 14.0. The normalized spacial score (nSPS) is 19.5. The first-order valence-corrected chi connectivity index (χ1v) is 18.4. The van der Waals surface area contributed by atoms with E-state index in [0.29, 0.717) is 40.9 Å².